The number of rotatable bonds is 1. The molecule has 2 aromatic heterocycles. The number of aromatic nitrogens is 1. The normalized spacial score (nSPS) is 11.3. The van der Waals surface area contributed by atoms with Gasteiger partial charge in [0.05, 0.1) is 17.3 Å². The Labute approximate surface area is 108 Å². The number of fused-ring (bicyclic) bond motifs is 3. The van der Waals surface area contributed by atoms with E-state index in [0.29, 0.717) is 4.88 Å². The van der Waals surface area contributed by atoms with Crippen LogP contribution in [0, 0.1) is 13.8 Å². The van der Waals surface area contributed by atoms with Crippen LogP contribution in [0.4, 0.5) is 0 Å². The van der Waals surface area contributed by atoms with E-state index in [1.165, 1.54) is 35.0 Å². The zero-order valence-corrected chi connectivity index (χ0v) is 11.3. The van der Waals surface area contributed by atoms with Gasteiger partial charge in [-0.2, -0.15) is 0 Å². The molecule has 0 saturated heterocycles. The largest absolute Gasteiger partial charge is 0.465 e. The van der Waals surface area contributed by atoms with Crippen molar-refractivity contribution in [1.29, 1.82) is 0 Å². The van der Waals surface area contributed by atoms with Gasteiger partial charge in [0.2, 0.25) is 0 Å². The molecule has 1 N–H and O–H groups in total. The van der Waals surface area contributed by atoms with Crippen molar-refractivity contribution >= 4 is 38.4 Å². The van der Waals surface area contributed by atoms with E-state index in [0.717, 1.165) is 15.7 Å². The number of methoxy groups -OCH3 is 1. The number of hydrogen-bond donors (Lipinski definition) is 1. The first kappa shape index (κ1) is 11.3. The molecule has 0 amide bonds. The molecule has 0 aliphatic carbocycles. The van der Waals surface area contributed by atoms with Crippen molar-refractivity contribution in [2.75, 3.05) is 7.11 Å². The van der Waals surface area contributed by atoms with Crippen LogP contribution in [0.5, 0.6) is 0 Å². The Hall–Kier alpha value is -1.81. The minimum Gasteiger partial charge on any atom is -0.465 e. The minimum atomic E-state index is -0.276. The highest BCUT2D eigenvalue weighted by Gasteiger charge is 2.14. The quantitative estimate of drug-likeness (QED) is 0.676. The van der Waals surface area contributed by atoms with Gasteiger partial charge in [-0.05, 0) is 43.2 Å². The zero-order valence-electron chi connectivity index (χ0n) is 10.5. The maximum atomic E-state index is 11.5. The topological polar surface area (TPSA) is 42.1 Å². The third-order valence-electron chi connectivity index (χ3n) is 3.27. The molecule has 3 nitrogen and oxygen atoms in total. The van der Waals surface area contributed by atoms with Crippen molar-refractivity contribution in [3.63, 3.8) is 0 Å². The van der Waals surface area contributed by atoms with Crippen LogP contribution in [0.15, 0.2) is 18.2 Å². The average Bonchev–Trinajstić information content (AvgIpc) is 2.87. The molecule has 0 fully saturated rings. The van der Waals surface area contributed by atoms with Crippen molar-refractivity contribution in [2.45, 2.75) is 13.8 Å². The van der Waals surface area contributed by atoms with Crippen molar-refractivity contribution in [1.82, 2.24) is 4.98 Å². The van der Waals surface area contributed by atoms with Gasteiger partial charge in [0, 0.05) is 10.9 Å². The fraction of sp³-hybridized carbons (Fsp3) is 0.214. The summed E-state index contributed by atoms with van der Waals surface area (Å²) in [6.07, 6.45) is 0. The van der Waals surface area contributed by atoms with Gasteiger partial charge in [-0.3, -0.25) is 0 Å². The van der Waals surface area contributed by atoms with Crippen LogP contribution in [-0.2, 0) is 4.74 Å². The average molecular weight is 259 g/mol. The zero-order chi connectivity index (χ0) is 12.9. The first-order valence-corrected chi connectivity index (χ1v) is 6.52. The maximum absolute atomic E-state index is 11.5. The van der Waals surface area contributed by atoms with E-state index in [1.807, 2.05) is 6.07 Å². The van der Waals surface area contributed by atoms with E-state index in [2.05, 4.69) is 31.0 Å². The van der Waals surface area contributed by atoms with Crippen LogP contribution in [0.2, 0.25) is 0 Å². The molecule has 1 aromatic carbocycles. The maximum Gasteiger partial charge on any atom is 0.348 e. The predicted octanol–water partition coefficient (Wildman–Crippen LogP) is 3.79. The Morgan fingerprint density at radius 2 is 1.89 bits per heavy atom. The molecule has 0 radical (unpaired) electrons. The van der Waals surface area contributed by atoms with E-state index in [1.54, 1.807) is 0 Å². The number of nitrogens with one attached hydrogen (secondary N) is 1. The minimum absolute atomic E-state index is 0.276. The third kappa shape index (κ3) is 1.53. The highest BCUT2D eigenvalue weighted by atomic mass is 32.1. The number of carbonyl (C=O) groups excluding carboxylic acids is 1. The lowest BCUT2D eigenvalue weighted by atomic mass is 10.1. The highest BCUT2D eigenvalue weighted by molar-refractivity contribution is 7.21. The fourth-order valence-corrected chi connectivity index (χ4v) is 3.20. The summed E-state index contributed by atoms with van der Waals surface area (Å²) in [6.45, 7) is 4.20. The smallest absolute Gasteiger partial charge is 0.348 e. The van der Waals surface area contributed by atoms with E-state index in [4.69, 9.17) is 4.74 Å². The Kier molecular flexibility index (Phi) is 2.41. The summed E-state index contributed by atoms with van der Waals surface area (Å²) in [5.74, 6) is -0.276. The lowest BCUT2D eigenvalue weighted by Crippen LogP contribution is -1.96. The van der Waals surface area contributed by atoms with Gasteiger partial charge in [0.15, 0.2) is 0 Å². The molecule has 0 atom stereocenters. The molecule has 0 spiro atoms. The van der Waals surface area contributed by atoms with Crippen LogP contribution < -0.4 is 0 Å². The number of benzene rings is 1. The molecule has 18 heavy (non-hydrogen) atoms. The molecule has 3 rings (SSSR count). The monoisotopic (exact) mass is 259 g/mol. The van der Waals surface area contributed by atoms with Gasteiger partial charge in [-0.1, -0.05) is 0 Å². The van der Waals surface area contributed by atoms with Crippen LogP contribution in [0.25, 0.3) is 21.1 Å². The number of ether oxygens (including phenoxy) is 1. The fourth-order valence-electron chi connectivity index (χ4n) is 2.14. The van der Waals surface area contributed by atoms with E-state index < -0.39 is 0 Å². The number of aryl methyl sites for hydroxylation is 2. The van der Waals surface area contributed by atoms with E-state index >= 15 is 0 Å². The van der Waals surface area contributed by atoms with Gasteiger partial charge < -0.3 is 9.72 Å². The van der Waals surface area contributed by atoms with Crippen molar-refractivity contribution < 1.29 is 9.53 Å². The van der Waals surface area contributed by atoms with Gasteiger partial charge in [-0.15, -0.1) is 11.3 Å². The summed E-state index contributed by atoms with van der Waals surface area (Å²) >= 11 is 1.47. The lowest BCUT2D eigenvalue weighted by molar-refractivity contribution is 0.0606. The number of thiophene rings is 1. The number of aromatic amines is 1. The summed E-state index contributed by atoms with van der Waals surface area (Å²) in [5, 5.41) is 1.17. The molecule has 2 heterocycles. The van der Waals surface area contributed by atoms with Crippen LogP contribution in [0.1, 0.15) is 20.8 Å². The number of carbonyl (C=O) groups is 1. The van der Waals surface area contributed by atoms with Gasteiger partial charge in [-0.25, -0.2) is 4.79 Å². The van der Waals surface area contributed by atoms with Crippen molar-refractivity contribution in [3.05, 3.63) is 34.2 Å². The number of hydrogen-bond acceptors (Lipinski definition) is 3. The van der Waals surface area contributed by atoms with Gasteiger partial charge in [0.1, 0.15) is 4.88 Å². The first-order chi connectivity index (χ1) is 8.60. The highest BCUT2D eigenvalue weighted by Crippen LogP contribution is 2.34. The Balaban J connectivity index is 2.30. The molecule has 92 valence electrons. The number of H-pyrrole nitrogens is 1. The van der Waals surface area contributed by atoms with E-state index in [9.17, 15) is 4.79 Å². The summed E-state index contributed by atoms with van der Waals surface area (Å²) < 4.78 is 5.87. The molecule has 0 bridgehead atoms. The summed E-state index contributed by atoms with van der Waals surface area (Å²) in [5.41, 5.74) is 4.65. The lowest BCUT2D eigenvalue weighted by Gasteiger charge is -1.99. The predicted molar refractivity (Wildman–Crippen MR) is 74.5 cm³/mol. The summed E-state index contributed by atoms with van der Waals surface area (Å²) in [6, 6.07) is 6.17. The molecule has 0 saturated carbocycles. The standard InChI is InChI=1S/C14H13NO2S/c1-7-4-9-10(5-8(7)2)15-11-6-12(14(16)17-3)18-13(9)11/h4-6,15H,1-3H3. The van der Waals surface area contributed by atoms with Crippen molar-refractivity contribution in [3.8, 4) is 0 Å². The SMILES string of the molecule is COC(=O)c1cc2[nH]c3cc(C)c(C)cc3c2s1. The van der Waals surface area contributed by atoms with Crippen LogP contribution in [0.3, 0.4) is 0 Å². The van der Waals surface area contributed by atoms with Crippen molar-refractivity contribution in [2.24, 2.45) is 0 Å². The molecule has 0 aliphatic heterocycles. The van der Waals surface area contributed by atoms with Gasteiger partial charge in [0.25, 0.3) is 0 Å². The Bertz CT molecular complexity index is 767. The molecule has 3 aromatic rings. The third-order valence-corrected chi connectivity index (χ3v) is 4.41. The second-order valence-electron chi connectivity index (χ2n) is 4.45. The molecular formula is C14H13NO2S. The van der Waals surface area contributed by atoms with Crippen LogP contribution >= 0.6 is 11.3 Å². The summed E-state index contributed by atoms with van der Waals surface area (Å²) in [7, 11) is 1.40. The van der Waals surface area contributed by atoms with Crippen LogP contribution in [-0.4, -0.2) is 18.1 Å². The second-order valence-corrected chi connectivity index (χ2v) is 5.50. The van der Waals surface area contributed by atoms with Gasteiger partial charge >= 0.3 is 5.97 Å². The molecule has 0 aliphatic rings. The molecule has 0 unspecified atom stereocenters. The molecular weight excluding hydrogens is 246 g/mol. The second kappa shape index (κ2) is 3.85. The Morgan fingerprint density at radius 1 is 1.17 bits per heavy atom. The van der Waals surface area contributed by atoms with E-state index in [-0.39, 0.29) is 5.97 Å². The Morgan fingerprint density at radius 3 is 2.61 bits per heavy atom. The first-order valence-electron chi connectivity index (χ1n) is 5.71. The number of esters is 1. The summed E-state index contributed by atoms with van der Waals surface area (Å²) in [4.78, 5) is 15.5. The molecule has 4 heteroatoms.